The van der Waals surface area contributed by atoms with E-state index in [9.17, 15) is 0 Å². The third kappa shape index (κ3) is 11.3. The number of rotatable bonds is 18. The van der Waals surface area contributed by atoms with Gasteiger partial charge in [-0.15, -0.1) is 11.6 Å². The van der Waals surface area contributed by atoms with Crippen molar-refractivity contribution < 1.29 is 0 Å². The fourth-order valence-corrected chi connectivity index (χ4v) is 4.43. The van der Waals surface area contributed by atoms with Gasteiger partial charge < -0.3 is 15.5 Å². The highest BCUT2D eigenvalue weighted by molar-refractivity contribution is 6.20. The van der Waals surface area contributed by atoms with Crippen molar-refractivity contribution in [3.63, 3.8) is 0 Å². The third-order valence-corrected chi connectivity index (χ3v) is 6.57. The molecule has 2 aromatic rings. The predicted molar refractivity (Wildman–Crippen MR) is 148 cm³/mol. The smallest absolute Gasteiger partial charge is 0.0643 e. The second-order valence-corrected chi connectivity index (χ2v) is 10.0. The van der Waals surface area contributed by atoms with Crippen LogP contribution in [0.25, 0.3) is 0 Å². The number of benzene rings is 2. The molecule has 2 N–H and O–H groups in total. The summed E-state index contributed by atoms with van der Waals surface area (Å²) in [6, 6.07) is 19.6. The molecule has 2 atom stereocenters. The number of hydrogen-bond acceptors (Lipinski definition) is 3. The third-order valence-electron chi connectivity index (χ3n) is 6.35. The van der Waals surface area contributed by atoms with Crippen molar-refractivity contribution in [2.45, 2.75) is 89.5 Å². The van der Waals surface area contributed by atoms with Gasteiger partial charge in [0, 0.05) is 37.2 Å². The van der Waals surface area contributed by atoms with Gasteiger partial charge >= 0.3 is 0 Å². The molecule has 0 aromatic heterocycles. The highest BCUT2D eigenvalue weighted by Crippen LogP contribution is 2.30. The van der Waals surface area contributed by atoms with Gasteiger partial charge in [-0.05, 0) is 50.5 Å². The molecule has 0 fully saturated rings. The highest BCUT2D eigenvalue weighted by Gasteiger charge is 2.11. The van der Waals surface area contributed by atoms with Gasteiger partial charge in [-0.3, -0.25) is 0 Å². The Morgan fingerprint density at radius 2 is 1.45 bits per heavy atom. The van der Waals surface area contributed by atoms with Gasteiger partial charge in [0.1, 0.15) is 0 Å². The fraction of sp³-hybridized carbons (Fsp3) is 0.586. The monoisotopic (exact) mass is 471 g/mol. The summed E-state index contributed by atoms with van der Waals surface area (Å²) in [6.07, 6.45) is 13.0. The van der Waals surface area contributed by atoms with E-state index in [1.54, 1.807) is 0 Å². The van der Waals surface area contributed by atoms with E-state index in [0.29, 0.717) is 6.04 Å². The van der Waals surface area contributed by atoms with Gasteiger partial charge in [0.05, 0.1) is 11.4 Å². The zero-order valence-corrected chi connectivity index (χ0v) is 21.9. The van der Waals surface area contributed by atoms with Crippen LogP contribution in [0.1, 0.15) is 78.1 Å². The van der Waals surface area contributed by atoms with E-state index in [1.807, 2.05) is 0 Å². The fourth-order valence-electron chi connectivity index (χ4n) is 4.31. The molecule has 184 valence electrons. The number of nitrogens with one attached hydrogen (secondary N) is 2. The van der Waals surface area contributed by atoms with E-state index in [4.69, 9.17) is 11.6 Å². The standard InChI is InChI=1S/C29H46ClN3/c1-4-5-6-7-8-9-11-16-26(22-21-25(2)30)31-23-24-32-28-19-14-15-20-29(28)33(3)27-17-12-10-13-18-27/h10,12-15,17-20,25-26,31-32H,4-9,11,16,21-24H2,1-3H3. The second kappa shape index (κ2) is 16.8. The Bertz CT molecular complexity index is 735. The number of anilines is 3. The number of unbranched alkanes of at least 4 members (excludes halogenated alkanes) is 6. The van der Waals surface area contributed by atoms with E-state index in [2.05, 4.69) is 91.0 Å². The molecule has 0 bridgehead atoms. The quantitative estimate of drug-likeness (QED) is 0.169. The Kier molecular flexibility index (Phi) is 14.0. The van der Waals surface area contributed by atoms with Crippen LogP contribution >= 0.6 is 11.6 Å². The van der Waals surface area contributed by atoms with Crippen molar-refractivity contribution in [3.05, 3.63) is 54.6 Å². The van der Waals surface area contributed by atoms with Gasteiger partial charge in [0.2, 0.25) is 0 Å². The summed E-state index contributed by atoms with van der Waals surface area (Å²) in [5, 5.41) is 7.70. The van der Waals surface area contributed by atoms with Gasteiger partial charge in [0.15, 0.2) is 0 Å². The minimum absolute atomic E-state index is 0.252. The molecule has 0 heterocycles. The van der Waals surface area contributed by atoms with Gasteiger partial charge in [0.25, 0.3) is 0 Å². The van der Waals surface area contributed by atoms with Gasteiger partial charge in [-0.1, -0.05) is 82.2 Å². The van der Waals surface area contributed by atoms with Crippen molar-refractivity contribution in [1.82, 2.24) is 5.32 Å². The number of alkyl halides is 1. The van der Waals surface area contributed by atoms with Crippen LogP contribution in [-0.4, -0.2) is 31.6 Å². The maximum absolute atomic E-state index is 6.25. The lowest BCUT2D eigenvalue weighted by molar-refractivity contribution is 0.425. The van der Waals surface area contributed by atoms with Crippen LogP contribution in [0, 0.1) is 0 Å². The molecule has 0 amide bonds. The Labute approximate surface area is 208 Å². The molecule has 33 heavy (non-hydrogen) atoms. The molecular weight excluding hydrogens is 426 g/mol. The average molecular weight is 472 g/mol. The van der Waals surface area contributed by atoms with Crippen LogP contribution in [0.2, 0.25) is 0 Å². The maximum Gasteiger partial charge on any atom is 0.0643 e. The normalized spacial score (nSPS) is 13.0. The molecule has 2 rings (SSSR count). The molecule has 2 aromatic carbocycles. The summed E-state index contributed by atoms with van der Waals surface area (Å²) in [4.78, 5) is 2.24. The Morgan fingerprint density at radius 3 is 2.18 bits per heavy atom. The van der Waals surface area contributed by atoms with Crippen molar-refractivity contribution in [3.8, 4) is 0 Å². The Morgan fingerprint density at radius 1 is 0.788 bits per heavy atom. The molecule has 0 aliphatic rings. The molecule has 3 nitrogen and oxygen atoms in total. The van der Waals surface area contributed by atoms with Crippen molar-refractivity contribution in [2.24, 2.45) is 0 Å². The van der Waals surface area contributed by atoms with Crippen LogP contribution in [0.5, 0.6) is 0 Å². The van der Waals surface area contributed by atoms with E-state index < -0.39 is 0 Å². The number of para-hydroxylation sites is 3. The first-order valence-corrected chi connectivity index (χ1v) is 13.5. The van der Waals surface area contributed by atoms with Crippen LogP contribution in [-0.2, 0) is 0 Å². The average Bonchev–Trinajstić information content (AvgIpc) is 2.84. The summed E-state index contributed by atoms with van der Waals surface area (Å²) in [7, 11) is 2.12. The summed E-state index contributed by atoms with van der Waals surface area (Å²) in [5.41, 5.74) is 3.55. The van der Waals surface area contributed by atoms with E-state index in [-0.39, 0.29) is 5.38 Å². The molecule has 0 saturated heterocycles. The summed E-state index contributed by atoms with van der Waals surface area (Å²) in [6.45, 7) is 6.25. The molecular formula is C29H46ClN3. The Balaban J connectivity index is 1.78. The van der Waals surface area contributed by atoms with E-state index >= 15 is 0 Å². The van der Waals surface area contributed by atoms with Crippen LogP contribution in [0.15, 0.2) is 54.6 Å². The molecule has 0 spiro atoms. The lowest BCUT2D eigenvalue weighted by atomic mass is 10.0. The van der Waals surface area contributed by atoms with Gasteiger partial charge in [-0.25, -0.2) is 0 Å². The molecule has 0 aliphatic heterocycles. The number of halogens is 1. The zero-order valence-electron chi connectivity index (χ0n) is 21.2. The summed E-state index contributed by atoms with van der Waals surface area (Å²) in [5.74, 6) is 0. The largest absolute Gasteiger partial charge is 0.382 e. The van der Waals surface area contributed by atoms with Gasteiger partial charge in [-0.2, -0.15) is 0 Å². The summed E-state index contributed by atoms with van der Waals surface area (Å²) >= 11 is 6.25. The minimum Gasteiger partial charge on any atom is -0.382 e. The second-order valence-electron chi connectivity index (χ2n) is 9.26. The molecule has 4 heteroatoms. The van der Waals surface area contributed by atoms with Crippen LogP contribution in [0.3, 0.4) is 0 Å². The van der Waals surface area contributed by atoms with Crippen molar-refractivity contribution >= 4 is 28.7 Å². The zero-order chi connectivity index (χ0) is 23.7. The van der Waals surface area contributed by atoms with Crippen molar-refractivity contribution in [2.75, 3.05) is 30.4 Å². The topological polar surface area (TPSA) is 27.3 Å². The summed E-state index contributed by atoms with van der Waals surface area (Å²) < 4.78 is 0. The van der Waals surface area contributed by atoms with E-state index in [1.165, 1.54) is 68.4 Å². The van der Waals surface area contributed by atoms with Crippen LogP contribution < -0.4 is 15.5 Å². The predicted octanol–water partition coefficient (Wildman–Crippen LogP) is 8.37. The molecule has 0 radical (unpaired) electrons. The molecule has 0 saturated carbocycles. The lowest BCUT2D eigenvalue weighted by Gasteiger charge is -2.24. The maximum atomic E-state index is 6.25. The first-order valence-electron chi connectivity index (χ1n) is 13.1. The first kappa shape index (κ1) is 27.5. The van der Waals surface area contributed by atoms with Crippen molar-refractivity contribution in [1.29, 1.82) is 0 Å². The highest BCUT2D eigenvalue weighted by atomic mass is 35.5. The number of hydrogen-bond donors (Lipinski definition) is 2. The van der Waals surface area contributed by atoms with E-state index in [0.717, 1.165) is 25.9 Å². The van der Waals surface area contributed by atoms with Crippen LogP contribution in [0.4, 0.5) is 17.1 Å². The molecule has 0 aliphatic carbocycles. The number of nitrogens with zero attached hydrogens (tertiary/aromatic N) is 1. The molecule has 2 unspecified atom stereocenters. The Hall–Kier alpha value is -1.71. The lowest BCUT2D eigenvalue weighted by Crippen LogP contribution is -2.33. The first-order chi connectivity index (χ1) is 16.1. The SMILES string of the molecule is CCCCCCCCCC(CCC(C)Cl)NCCNc1ccccc1N(C)c1ccccc1. The minimum atomic E-state index is 0.252.